The number of hydrogen-bond acceptors (Lipinski definition) is 8. The highest BCUT2D eigenvalue weighted by Gasteiger charge is 2.32. The quantitative estimate of drug-likeness (QED) is 0.0588. The molecule has 0 bridgehead atoms. The Labute approximate surface area is 200 Å². The number of carbonyl (C=O) groups is 6. The second-order valence-corrected chi connectivity index (χ2v) is 7.89. The number of aliphatic carboxylic acids is 2. The van der Waals surface area contributed by atoms with E-state index in [1.165, 1.54) is 0 Å². The zero-order valence-electron chi connectivity index (χ0n) is 19.0. The van der Waals surface area contributed by atoms with E-state index in [9.17, 15) is 28.8 Å². The summed E-state index contributed by atoms with van der Waals surface area (Å²) in [6, 6.07) is -5.07. The predicted octanol–water partition coefficient (Wildman–Crippen LogP) is -4.32. The molecule has 0 aromatic carbocycles. The highest BCUT2D eigenvalue weighted by Crippen LogP contribution is 2.08. The number of amides is 4. The van der Waals surface area contributed by atoms with Gasteiger partial charge in [-0.15, -0.1) is 0 Å². The van der Waals surface area contributed by atoms with Crippen LogP contribution in [0.4, 0.5) is 0 Å². The normalized spacial score (nSPS) is 17.3. The number of carbonyl (C=O) groups excluding carboxylic acids is 4. The van der Waals surface area contributed by atoms with Gasteiger partial charge in [-0.05, 0) is 32.2 Å². The summed E-state index contributed by atoms with van der Waals surface area (Å²) >= 11 is 0. The molecule has 0 radical (unpaired) electrons. The van der Waals surface area contributed by atoms with Crippen LogP contribution in [-0.2, 0) is 28.8 Å². The third-order valence-corrected chi connectivity index (χ3v) is 4.99. The summed E-state index contributed by atoms with van der Waals surface area (Å²) in [5.74, 6) is -6.66. The minimum atomic E-state index is -1.81. The van der Waals surface area contributed by atoms with E-state index in [0.717, 1.165) is 6.42 Å². The number of carboxylic acids is 2. The molecule has 0 saturated carbocycles. The summed E-state index contributed by atoms with van der Waals surface area (Å²) in [4.78, 5) is 75.4. The Hall–Kier alpha value is -3.95. The zero-order valence-corrected chi connectivity index (χ0v) is 19.0. The maximum absolute atomic E-state index is 12.9. The van der Waals surface area contributed by atoms with Crippen LogP contribution < -0.4 is 38.5 Å². The Morgan fingerprint density at radius 2 is 1.54 bits per heavy atom. The summed E-state index contributed by atoms with van der Waals surface area (Å²) in [6.07, 6.45) is 0.0674. The average molecular weight is 501 g/mol. The first kappa shape index (κ1) is 29.1. The minimum absolute atomic E-state index is 0.0722. The van der Waals surface area contributed by atoms with E-state index in [2.05, 4.69) is 20.9 Å². The van der Waals surface area contributed by atoms with Gasteiger partial charge in [0.15, 0.2) is 5.96 Å². The fourth-order valence-corrected chi connectivity index (χ4v) is 3.28. The van der Waals surface area contributed by atoms with Gasteiger partial charge >= 0.3 is 11.9 Å². The molecule has 4 amide bonds. The monoisotopic (exact) mass is 500 g/mol. The lowest BCUT2D eigenvalue weighted by molar-refractivity contribution is -0.147. The molecule has 1 aliphatic heterocycles. The van der Waals surface area contributed by atoms with Crippen LogP contribution in [-0.4, -0.2) is 89.0 Å². The third kappa shape index (κ3) is 11.1. The van der Waals surface area contributed by atoms with Crippen molar-refractivity contribution in [3.05, 3.63) is 0 Å². The third-order valence-electron chi connectivity index (χ3n) is 4.99. The largest absolute Gasteiger partial charge is 0.481 e. The van der Waals surface area contributed by atoms with E-state index in [0.29, 0.717) is 13.0 Å². The molecule has 1 rings (SSSR count). The van der Waals surface area contributed by atoms with Gasteiger partial charge in [0.1, 0.15) is 18.1 Å². The molecule has 0 aliphatic carbocycles. The van der Waals surface area contributed by atoms with Gasteiger partial charge in [0.05, 0.1) is 18.9 Å². The van der Waals surface area contributed by atoms with Gasteiger partial charge < -0.3 is 48.7 Å². The number of primary amides is 1. The van der Waals surface area contributed by atoms with Crippen LogP contribution >= 0.6 is 0 Å². The molecule has 196 valence electrons. The van der Waals surface area contributed by atoms with Crippen LogP contribution in [0.2, 0.25) is 0 Å². The van der Waals surface area contributed by atoms with Crippen molar-refractivity contribution in [3.8, 4) is 0 Å². The van der Waals surface area contributed by atoms with Gasteiger partial charge in [-0.3, -0.25) is 29.0 Å². The van der Waals surface area contributed by atoms with Crippen molar-refractivity contribution in [1.29, 1.82) is 0 Å². The first-order valence-corrected chi connectivity index (χ1v) is 10.8. The number of nitrogens with zero attached hydrogens (tertiary/aromatic N) is 1. The van der Waals surface area contributed by atoms with Crippen molar-refractivity contribution < 1.29 is 39.0 Å². The van der Waals surface area contributed by atoms with E-state index in [1.807, 2.05) is 5.32 Å². The molecule has 35 heavy (non-hydrogen) atoms. The fourth-order valence-electron chi connectivity index (χ4n) is 3.28. The maximum atomic E-state index is 12.9. The molecule has 0 aromatic rings. The molecule has 1 saturated heterocycles. The van der Waals surface area contributed by atoms with Crippen LogP contribution in [0, 0.1) is 0 Å². The zero-order chi connectivity index (χ0) is 26.5. The molecule has 0 aromatic heterocycles. The number of hydrogen-bond donors (Lipinski definition) is 9. The van der Waals surface area contributed by atoms with Crippen molar-refractivity contribution in [2.24, 2.45) is 22.2 Å². The fraction of sp³-hybridized carbons (Fsp3) is 0.632. The smallest absolute Gasteiger partial charge is 0.326 e. The van der Waals surface area contributed by atoms with Crippen LogP contribution in [0.1, 0.15) is 38.5 Å². The number of nitrogens with one attached hydrogen (secondary N) is 4. The Morgan fingerprint density at radius 3 is 2.06 bits per heavy atom. The Balaban J connectivity index is 2.97. The lowest BCUT2D eigenvalue weighted by Gasteiger charge is -2.24. The summed E-state index contributed by atoms with van der Waals surface area (Å²) in [5.41, 5.74) is 15.7. The van der Waals surface area contributed by atoms with Gasteiger partial charge in [-0.2, -0.15) is 0 Å². The topological polar surface area (TPSA) is 281 Å². The van der Waals surface area contributed by atoms with Gasteiger partial charge in [0.2, 0.25) is 23.6 Å². The Kier molecular flexibility index (Phi) is 11.9. The molecule has 1 fully saturated rings. The molecular formula is C19H32N8O8. The van der Waals surface area contributed by atoms with Crippen LogP contribution in [0.15, 0.2) is 4.99 Å². The van der Waals surface area contributed by atoms with Gasteiger partial charge in [0, 0.05) is 6.54 Å². The first-order valence-electron chi connectivity index (χ1n) is 10.8. The van der Waals surface area contributed by atoms with Crippen molar-refractivity contribution in [3.63, 3.8) is 0 Å². The maximum Gasteiger partial charge on any atom is 0.326 e. The number of aliphatic imine (C=N–C) groups is 1. The van der Waals surface area contributed by atoms with Crippen molar-refractivity contribution >= 4 is 41.5 Å². The van der Waals surface area contributed by atoms with Crippen molar-refractivity contribution in [2.75, 3.05) is 13.1 Å². The van der Waals surface area contributed by atoms with Gasteiger partial charge in [-0.1, -0.05) is 0 Å². The second-order valence-electron chi connectivity index (χ2n) is 7.89. The van der Waals surface area contributed by atoms with Crippen LogP contribution in [0.3, 0.4) is 0 Å². The molecule has 4 atom stereocenters. The van der Waals surface area contributed by atoms with E-state index >= 15 is 0 Å². The average Bonchev–Trinajstić information content (AvgIpc) is 3.28. The number of carboxylic acid groups (broad SMARTS) is 2. The molecule has 16 nitrogen and oxygen atoms in total. The summed E-state index contributed by atoms with van der Waals surface area (Å²) in [6.45, 7) is 0.797. The Morgan fingerprint density at radius 1 is 0.914 bits per heavy atom. The van der Waals surface area contributed by atoms with E-state index in [-0.39, 0.29) is 25.3 Å². The minimum Gasteiger partial charge on any atom is -0.481 e. The summed E-state index contributed by atoms with van der Waals surface area (Å²) < 4.78 is 0. The van der Waals surface area contributed by atoms with Crippen LogP contribution in [0.25, 0.3) is 0 Å². The molecule has 12 N–H and O–H groups in total. The Bertz CT molecular complexity index is 839. The number of guanidine groups is 1. The van der Waals surface area contributed by atoms with Crippen molar-refractivity contribution in [1.82, 2.24) is 21.3 Å². The summed E-state index contributed by atoms with van der Waals surface area (Å²) in [5, 5.41) is 27.8. The second kappa shape index (κ2) is 14.3. The lowest BCUT2D eigenvalue weighted by atomic mass is 10.1. The highest BCUT2D eigenvalue weighted by molar-refractivity contribution is 5.96. The highest BCUT2D eigenvalue weighted by atomic mass is 16.4. The lowest BCUT2D eigenvalue weighted by Crippen LogP contribution is -2.57. The van der Waals surface area contributed by atoms with Gasteiger partial charge in [0.25, 0.3) is 0 Å². The molecule has 16 heteroatoms. The van der Waals surface area contributed by atoms with E-state index in [4.69, 9.17) is 27.4 Å². The summed E-state index contributed by atoms with van der Waals surface area (Å²) in [7, 11) is 0. The van der Waals surface area contributed by atoms with Crippen molar-refractivity contribution in [2.45, 2.75) is 62.7 Å². The number of nitrogens with two attached hydrogens (primary N) is 3. The number of rotatable bonds is 15. The first-order chi connectivity index (χ1) is 16.4. The molecule has 4 unspecified atom stereocenters. The predicted molar refractivity (Wildman–Crippen MR) is 120 cm³/mol. The van der Waals surface area contributed by atoms with Crippen LogP contribution in [0.5, 0.6) is 0 Å². The molecular weight excluding hydrogens is 468 g/mol. The molecule has 1 aliphatic rings. The van der Waals surface area contributed by atoms with E-state index < -0.39 is 72.6 Å². The van der Waals surface area contributed by atoms with E-state index in [1.54, 1.807) is 0 Å². The standard InChI is InChI=1S/C19H32N8O8/c20-13(28)7-11(17(33)27-12(18(34)35)8-14(29)30)26-16(32)10(4-2-6-24-19(21)22)25-15(31)9-3-1-5-23-9/h9-12,23H,1-8H2,(H2,20,28)(H,25,31)(H,26,32)(H,27,33)(H,29,30)(H,34,35)(H4,21,22,24). The SMILES string of the molecule is NC(=O)CC(NC(=O)C(CCCN=C(N)N)NC(=O)C1CCCN1)C(=O)NC(CC(=O)O)C(=O)O. The molecule has 1 heterocycles. The molecule has 0 spiro atoms. The van der Waals surface area contributed by atoms with Gasteiger partial charge in [-0.25, -0.2) is 4.79 Å².